The average molecular weight is 507 g/mol. The molecule has 1 aromatic carbocycles. The lowest BCUT2D eigenvalue weighted by Crippen LogP contribution is -2.26. The molecule has 11 heteroatoms. The van der Waals surface area contributed by atoms with E-state index in [2.05, 4.69) is 15.4 Å². The zero-order valence-corrected chi connectivity index (χ0v) is 20.5. The van der Waals surface area contributed by atoms with E-state index in [9.17, 15) is 9.18 Å². The molecule has 1 aliphatic heterocycles. The Balaban J connectivity index is 1.48. The minimum Gasteiger partial charge on any atom is -0.454 e. The summed E-state index contributed by atoms with van der Waals surface area (Å²) < 4.78 is 30.8. The van der Waals surface area contributed by atoms with Crippen molar-refractivity contribution in [1.29, 1.82) is 0 Å². The Morgan fingerprint density at radius 3 is 2.88 bits per heavy atom. The summed E-state index contributed by atoms with van der Waals surface area (Å²) in [5.41, 5.74) is 1.34. The second-order valence-electron chi connectivity index (χ2n) is 7.93. The Kier molecular flexibility index (Phi) is 7.98. The van der Waals surface area contributed by atoms with Gasteiger partial charge in [0.1, 0.15) is 5.02 Å². The van der Waals surface area contributed by atoms with Crippen LogP contribution in [-0.4, -0.2) is 40.6 Å². The van der Waals surface area contributed by atoms with Gasteiger partial charge in [-0.05, 0) is 49.4 Å². The lowest BCUT2D eigenvalue weighted by atomic mass is 10.0. The fourth-order valence-corrected chi connectivity index (χ4v) is 3.89. The lowest BCUT2D eigenvalue weighted by molar-refractivity contribution is 0.0595. The van der Waals surface area contributed by atoms with Gasteiger partial charge in [0.05, 0.1) is 30.4 Å². The molecule has 4 rings (SSSR count). The molecule has 180 valence electrons. The predicted molar refractivity (Wildman–Crippen MR) is 131 cm³/mol. The first-order chi connectivity index (χ1) is 16.4. The standard InChI is InChI=1S/C23H25ClFN4O4P/c1-14-4-6-18(33-23(25)34)19(9-14)32-20-7-5-16(11-27-20)29-22(30)21(24)17(12-28-29)26-10-15-3-2-8-31-13-15/h4-7,9,11-12,15,23,26H,2-3,8,10,13,34H2,1H3. The highest BCUT2D eigenvalue weighted by Crippen LogP contribution is 2.33. The van der Waals surface area contributed by atoms with Gasteiger partial charge in [-0.25, -0.2) is 4.98 Å². The van der Waals surface area contributed by atoms with Crippen LogP contribution in [0.25, 0.3) is 5.69 Å². The van der Waals surface area contributed by atoms with Crippen LogP contribution in [0.3, 0.4) is 0 Å². The molecule has 0 radical (unpaired) electrons. The van der Waals surface area contributed by atoms with E-state index < -0.39 is 11.7 Å². The van der Waals surface area contributed by atoms with Gasteiger partial charge in [-0.1, -0.05) is 26.9 Å². The topological polar surface area (TPSA) is 87.5 Å². The second kappa shape index (κ2) is 11.1. The third-order valence-corrected chi connectivity index (χ3v) is 5.77. The van der Waals surface area contributed by atoms with E-state index in [-0.39, 0.29) is 16.7 Å². The van der Waals surface area contributed by atoms with E-state index in [0.717, 1.165) is 29.7 Å². The number of benzene rings is 1. The summed E-state index contributed by atoms with van der Waals surface area (Å²) in [6, 6.07) is 8.33. The first-order valence-electron chi connectivity index (χ1n) is 10.8. The van der Waals surface area contributed by atoms with Crippen LogP contribution >= 0.6 is 20.8 Å². The fraction of sp³-hybridized carbons (Fsp3) is 0.348. The molecule has 3 heterocycles. The Morgan fingerprint density at radius 1 is 1.32 bits per heavy atom. The molecular weight excluding hydrogens is 482 g/mol. The SMILES string of the molecule is Cc1ccc(OC(F)P)c(Oc2ccc(-n3ncc(NCC4CCCOC4)c(Cl)c3=O)cn2)c1. The molecule has 0 amide bonds. The number of hydrogen-bond donors (Lipinski definition) is 1. The van der Waals surface area contributed by atoms with Crippen LogP contribution in [0.15, 0.2) is 47.5 Å². The molecule has 0 saturated carbocycles. The van der Waals surface area contributed by atoms with Gasteiger partial charge < -0.3 is 19.5 Å². The maximum Gasteiger partial charge on any atom is 0.292 e. The zero-order chi connectivity index (χ0) is 24.1. The van der Waals surface area contributed by atoms with E-state index in [0.29, 0.717) is 36.2 Å². The van der Waals surface area contributed by atoms with Gasteiger partial charge in [-0.15, -0.1) is 0 Å². The average Bonchev–Trinajstić information content (AvgIpc) is 2.83. The summed E-state index contributed by atoms with van der Waals surface area (Å²) in [5.74, 6) is 1.18. The highest BCUT2D eigenvalue weighted by molar-refractivity contribution is 7.16. The third-order valence-electron chi connectivity index (χ3n) is 5.27. The minimum absolute atomic E-state index is 0.0480. The van der Waals surface area contributed by atoms with Crippen molar-refractivity contribution in [2.45, 2.75) is 25.9 Å². The summed E-state index contributed by atoms with van der Waals surface area (Å²) >= 11 is 6.32. The quantitative estimate of drug-likeness (QED) is 0.442. The Hall–Kier alpha value is -2.74. The number of ether oxygens (including phenoxy) is 3. The number of hydrogen-bond acceptors (Lipinski definition) is 7. The van der Waals surface area contributed by atoms with E-state index in [4.69, 9.17) is 25.8 Å². The van der Waals surface area contributed by atoms with Gasteiger partial charge >= 0.3 is 0 Å². The summed E-state index contributed by atoms with van der Waals surface area (Å²) in [5, 5.41) is 7.47. The third kappa shape index (κ3) is 6.03. The second-order valence-corrected chi connectivity index (χ2v) is 8.83. The van der Waals surface area contributed by atoms with Crippen LogP contribution in [0.2, 0.25) is 5.02 Å². The van der Waals surface area contributed by atoms with Crippen LogP contribution < -0.4 is 20.3 Å². The maximum atomic E-state index is 13.3. The molecule has 3 aromatic rings. The van der Waals surface area contributed by atoms with Gasteiger partial charge in [0.25, 0.3) is 5.56 Å². The van der Waals surface area contributed by atoms with Crippen molar-refractivity contribution in [1.82, 2.24) is 14.8 Å². The first-order valence-corrected chi connectivity index (χ1v) is 11.9. The normalized spacial score (nSPS) is 16.6. The van der Waals surface area contributed by atoms with Crippen molar-refractivity contribution in [3.05, 3.63) is 63.7 Å². The van der Waals surface area contributed by atoms with Crippen molar-refractivity contribution in [3.63, 3.8) is 0 Å². The molecule has 1 N–H and O–H groups in total. The Labute approximate surface area is 203 Å². The van der Waals surface area contributed by atoms with Crippen molar-refractivity contribution in [3.8, 4) is 23.1 Å². The van der Waals surface area contributed by atoms with E-state index in [1.54, 1.807) is 30.3 Å². The Morgan fingerprint density at radius 2 is 2.18 bits per heavy atom. The molecular formula is C23H25ClFN4O4P. The Bertz CT molecular complexity index is 1190. The minimum atomic E-state index is -1.57. The number of anilines is 1. The van der Waals surface area contributed by atoms with Crippen molar-refractivity contribution in [2.24, 2.45) is 5.92 Å². The van der Waals surface area contributed by atoms with Gasteiger partial charge in [0.15, 0.2) is 11.5 Å². The number of aromatic nitrogens is 3. The van der Waals surface area contributed by atoms with Gasteiger partial charge in [-0.2, -0.15) is 14.2 Å². The summed E-state index contributed by atoms with van der Waals surface area (Å²) in [6.07, 6.45) is 3.48. The molecule has 2 aromatic heterocycles. The van der Waals surface area contributed by atoms with Gasteiger partial charge in [0, 0.05) is 19.2 Å². The van der Waals surface area contributed by atoms with Crippen LogP contribution in [0, 0.1) is 12.8 Å². The molecule has 0 aliphatic carbocycles. The molecule has 1 saturated heterocycles. The first kappa shape index (κ1) is 24.4. The number of nitrogens with zero attached hydrogens (tertiary/aromatic N) is 3. The van der Waals surface area contributed by atoms with E-state index in [1.165, 1.54) is 12.4 Å². The largest absolute Gasteiger partial charge is 0.454 e. The summed E-state index contributed by atoms with van der Waals surface area (Å²) in [6.45, 7) is 4.02. The monoisotopic (exact) mass is 506 g/mol. The van der Waals surface area contributed by atoms with Crippen LogP contribution in [0.1, 0.15) is 18.4 Å². The number of nitrogens with one attached hydrogen (secondary N) is 1. The van der Waals surface area contributed by atoms with Crippen molar-refractivity contribution in [2.75, 3.05) is 25.1 Å². The molecule has 3 unspecified atom stereocenters. The van der Waals surface area contributed by atoms with Crippen molar-refractivity contribution >= 4 is 26.5 Å². The number of alkyl halides is 1. The van der Waals surface area contributed by atoms with Crippen LogP contribution in [-0.2, 0) is 4.74 Å². The molecule has 1 fully saturated rings. The molecule has 34 heavy (non-hydrogen) atoms. The smallest absolute Gasteiger partial charge is 0.292 e. The lowest BCUT2D eigenvalue weighted by Gasteiger charge is -2.22. The maximum absolute atomic E-state index is 13.3. The van der Waals surface area contributed by atoms with Crippen LogP contribution in [0.4, 0.5) is 10.1 Å². The zero-order valence-electron chi connectivity index (χ0n) is 18.5. The van der Waals surface area contributed by atoms with Gasteiger partial charge in [0.2, 0.25) is 12.0 Å². The molecule has 3 atom stereocenters. The fourth-order valence-electron chi connectivity index (χ4n) is 3.55. The number of halogens is 2. The summed E-state index contributed by atoms with van der Waals surface area (Å²) in [7, 11) is 1.92. The molecule has 0 bridgehead atoms. The predicted octanol–water partition coefficient (Wildman–Crippen LogP) is 4.73. The molecule has 8 nitrogen and oxygen atoms in total. The number of pyridine rings is 1. The van der Waals surface area contributed by atoms with Crippen LogP contribution in [0.5, 0.6) is 17.4 Å². The van der Waals surface area contributed by atoms with E-state index in [1.807, 2.05) is 16.2 Å². The highest BCUT2D eigenvalue weighted by Gasteiger charge is 2.16. The number of aryl methyl sites for hydroxylation is 1. The highest BCUT2D eigenvalue weighted by atomic mass is 35.5. The van der Waals surface area contributed by atoms with E-state index >= 15 is 0 Å². The number of rotatable bonds is 8. The van der Waals surface area contributed by atoms with Crippen molar-refractivity contribution < 1.29 is 18.6 Å². The summed E-state index contributed by atoms with van der Waals surface area (Å²) in [4.78, 5) is 17.0. The molecule has 1 aliphatic rings. The van der Waals surface area contributed by atoms with Gasteiger partial charge in [-0.3, -0.25) is 4.79 Å². The molecule has 0 spiro atoms.